The Bertz CT molecular complexity index is 578. The summed E-state index contributed by atoms with van der Waals surface area (Å²) in [5.74, 6) is 2.94. The van der Waals surface area contributed by atoms with Gasteiger partial charge in [-0.3, -0.25) is 0 Å². The predicted octanol–water partition coefficient (Wildman–Crippen LogP) is 5.05. The van der Waals surface area contributed by atoms with Crippen molar-refractivity contribution in [1.29, 1.82) is 0 Å². The number of fused-ring (bicyclic) bond motifs is 1. The Kier molecular flexibility index (Phi) is 4.64. The van der Waals surface area contributed by atoms with Crippen LogP contribution in [-0.2, 0) is 6.54 Å². The lowest BCUT2D eigenvalue weighted by molar-refractivity contribution is 0.275. The highest BCUT2D eigenvalue weighted by Crippen LogP contribution is 2.30. The van der Waals surface area contributed by atoms with Gasteiger partial charge in [-0.2, -0.15) is 0 Å². The van der Waals surface area contributed by atoms with Crippen molar-refractivity contribution in [3.63, 3.8) is 0 Å². The molecule has 2 heteroatoms. The Hall–Kier alpha value is -1.28. The van der Waals surface area contributed by atoms with Gasteiger partial charge in [0.05, 0.1) is 0 Å². The summed E-state index contributed by atoms with van der Waals surface area (Å²) in [4.78, 5) is 0. The summed E-state index contributed by atoms with van der Waals surface area (Å²) >= 11 is 0. The molecule has 0 amide bonds. The van der Waals surface area contributed by atoms with Gasteiger partial charge >= 0.3 is 0 Å². The number of benzene rings is 1. The maximum absolute atomic E-state index is 5.82. The number of hydrogen-bond donors (Lipinski definition) is 1. The van der Waals surface area contributed by atoms with E-state index < -0.39 is 0 Å². The first-order chi connectivity index (χ1) is 10.2. The lowest BCUT2D eigenvalue weighted by Gasteiger charge is -2.26. The van der Waals surface area contributed by atoms with E-state index in [2.05, 4.69) is 37.4 Å². The topological polar surface area (TPSA) is 25.2 Å². The van der Waals surface area contributed by atoms with Gasteiger partial charge in [0.25, 0.3) is 0 Å². The van der Waals surface area contributed by atoms with Gasteiger partial charge in [0.15, 0.2) is 0 Å². The van der Waals surface area contributed by atoms with Crippen LogP contribution in [0.15, 0.2) is 28.7 Å². The molecule has 0 atom stereocenters. The van der Waals surface area contributed by atoms with Crippen LogP contribution in [0.25, 0.3) is 11.0 Å². The summed E-state index contributed by atoms with van der Waals surface area (Å²) in [5.41, 5.74) is 2.33. The van der Waals surface area contributed by atoms with Crippen LogP contribution < -0.4 is 5.32 Å². The highest BCUT2D eigenvalue weighted by atomic mass is 16.3. The Morgan fingerprint density at radius 1 is 1.14 bits per heavy atom. The van der Waals surface area contributed by atoms with Crippen molar-refractivity contribution in [1.82, 2.24) is 5.32 Å². The van der Waals surface area contributed by atoms with Crippen LogP contribution in [0.2, 0.25) is 0 Å². The van der Waals surface area contributed by atoms with E-state index in [0.29, 0.717) is 0 Å². The van der Waals surface area contributed by atoms with Gasteiger partial charge in [0.2, 0.25) is 0 Å². The number of nitrogens with one attached hydrogen (secondary N) is 1. The number of hydrogen-bond acceptors (Lipinski definition) is 2. The van der Waals surface area contributed by atoms with Gasteiger partial charge in [-0.1, -0.05) is 50.8 Å². The highest BCUT2D eigenvalue weighted by Gasteiger charge is 2.17. The Labute approximate surface area is 127 Å². The molecule has 1 aliphatic rings. The smallest absolute Gasteiger partial charge is 0.134 e. The van der Waals surface area contributed by atoms with Crippen LogP contribution in [0.1, 0.15) is 50.4 Å². The molecular weight excluding hydrogens is 258 g/mol. The van der Waals surface area contributed by atoms with Crippen LogP contribution in [0, 0.1) is 18.8 Å². The molecule has 0 bridgehead atoms. The standard InChI is InChI=1S/C19H27NO/c1-14-7-9-16(10-8-14)11-12-20-13-18-15(2)21-19-6-4-3-5-17(18)19/h3-6,14,16,20H,7-13H2,1-2H3. The van der Waals surface area contributed by atoms with Gasteiger partial charge in [0.1, 0.15) is 11.3 Å². The second kappa shape index (κ2) is 6.65. The van der Waals surface area contributed by atoms with E-state index in [-0.39, 0.29) is 0 Å². The minimum atomic E-state index is 0.923. The molecule has 0 unspecified atom stereocenters. The minimum absolute atomic E-state index is 0.923. The van der Waals surface area contributed by atoms with Gasteiger partial charge in [0, 0.05) is 17.5 Å². The molecule has 1 saturated carbocycles. The normalized spacial score (nSPS) is 22.8. The van der Waals surface area contributed by atoms with E-state index in [1.54, 1.807) is 0 Å². The molecule has 114 valence electrons. The second-order valence-electron chi connectivity index (χ2n) is 6.72. The zero-order valence-electron chi connectivity index (χ0n) is 13.3. The molecule has 1 N–H and O–H groups in total. The average Bonchev–Trinajstić information content (AvgIpc) is 2.81. The highest BCUT2D eigenvalue weighted by molar-refractivity contribution is 5.82. The fraction of sp³-hybridized carbons (Fsp3) is 0.579. The molecule has 0 spiro atoms. The summed E-state index contributed by atoms with van der Waals surface area (Å²) in [5, 5.41) is 4.88. The van der Waals surface area contributed by atoms with Crippen LogP contribution in [0.3, 0.4) is 0 Å². The lowest BCUT2D eigenvalue weighted by atomic mass is 9.81. The van der Waals surface area contributed by atoms with Crippen molar-refractivity contribution in [2.24, 2.45) is 11.8 Å². The molecular formula is C19H27NO. The summed E-state index contributed by atoms with van der Waals surface area (Å²) in [7, 11) is 0. The van der Waals surface area contributed by atoms with Gasteiger partial charge in [-0.05, 0) is 37.8 Å². The molecule has 3 rings (SSSR count). The van der Waals surface area contributed by atoms with E-state index in [1.807, 2.05) is 6.07 Å². The maximum Gasteiger partial charge on any atom is 0.134 e. The number of rotatable bonds is 5. The monoisotopic (exact) mass is 285 g/mol. The zero-order valence-corrected chi connectivity index (χ0v) is 13.3. The van der Waals surface area contributed by atoms with Crippen molar-refractivity contribution in [2.45, 2.75) is 52.5 Å². The van der Waals surface area contributed by atoms with Crippen LogP contribution in [0.5, 0.6) is 0 Å². The number of para-hydroxylation sites is 1. The molecule has 2 nitrogen and oxygen atoms in total. The quantitative estimate of drug-likeness (QED) is 0.778. The predicted molar refractivity (Wildman–Crippen MR) is 88.4 cm³/mol. The molecule has 0 radical (unpaired) electrons. The SMILES string of the molecule is Cc1oc2ccccc2c1CNCCC1CCC(C)CC1. The van der Waals surface area contributed by atoms with Crippen LogP contribution in [0.4, 0.5) is 0 Å². The third-order valence-electron chi connectivity index (χ3n) is 5.07. The molecule has 0 aliphatic heterocycles. The van der Waals surface area contributed by atoms with Gasteiger partial charge in [-0.15, -0.1) is 0 Å². The van der Waals surface area contributed by atoms with Gasteiger partial charge in [-0.25, -0.2) is 0 Å². The summed E-state index contributed by atoms with van der Waals surface area (Å²) in [6, 6.07) is 8.33. The van der Waals surface area contributed by atoms with Crippen molar-refractivity contribution < 1.29 is 4.42 Å². The van der Waals surface area contributed by atoms with Crippen LogP contribution >= 0.6 is 0 Å². The van der Waals surface area contributed by atoms with E-state index in [1.165, 1.54) is 43.1 Å². The summed E-state index contributed by atoms with van der Waals surface area (Å²) in [6.07, 6.45) is 7.03. The van der Waals surface area contributed by atoms with Crippen molar-refractivity contribution in [3.05, 3.63) is 35.6 Å². The van der Waals surface area contributed by atoms with Crippen molar-refractivity contribution in [2.75, 3.05) is 6.54 Å². The lowest BCUT2D eigenvalue weighted by Crippen LogP contribution is -2.20. The van der Waals surface area contributed by atoms with Gasteiger partial charge < -0.3 is 9.73 Å². The molecule has 1 aromatic carbocycles. The van der Waals surface area contributed by atoms with E-state index in [4.69, 9.17) is 4.42 Å². The first-order valence-corrected chi connectivity index (χ1v) is 8.41. The Morgan fingerprint density at radius 2 is 1.90 bits per heavy atom. The number of aryl methyl sites for hydroxylation is 1. The summed E-state index contributed by atoms with van der Waals surface area (Å²) in [6.45, 7) is 6.50. The third kappa shape index (κ3) is 3.49. The van der Waals surface area contributed by atoms with E-state index >= 15 is 0 Å². The van der Waals surface area contributed by atoms with Crippen LogP contribution in [-0.4, -0.2) is 6.54 Å². The first kappa shape index (κ1) is 14.6. The molecule has 1 heterocycles. The molecule has 0 saturated heterocycles. The average molecular weight is 285 g/mol. The maximum atomic E-state index is 5.82. The first-order valence-electron chi connectivity index (χ1n) is 8.41. The minimum Gasteiger partial charge on any atom is -0.461 e. The molecule has 1 aliphatic carbocycles. The molecule has 2 aromatic rings. The molecule has 1 fully saturated rings. The zero-order chi connectivity index (χ0) is 14.7. The largest absolute Gasteiger partial charge is 0.461 e. The van der Waals surface area contributed by atoms with Crippen molar-refractivity contribution >= 4 is 11.0 Å². The number of furan rings is 1. The molecule has 21 heavy (non-hydrogen) atoms. The fourth-order valence-corrected chi connectivity index (χ4v) is 3.58. The third-order valence-corrected chi connectivity index (χ3v) is 5.07. The Balaban J connectivity index is 1.49. The Morgan fingerprint density at radius 3 is 2.71 bits per heavy atom. The van der Waals surface area contributed by atoms with E-state index in [0.717, 1.165) is 36.3 Å². The molecule has 1 aromatic heterocycles. The van der Waals surface area contributed by atoms with Crippen molar-refractivity contribution in [3.8, 4) is 0 Å². The summed E-state index contributed by atoms with van der Waals surface area (Å²) < 4.78 is 5.82. The van der Waals surface area contributed by atoms with E-state index in [9.17, 15) is 0 Å². The second-order valence-corrected chi connectivity index (χ2v) is 6.72. The fourth-order valence-electron chi connectivity index (χ4n) is 3.58.